The highest BCUT2D eigenvalue weighted by molar-refractivity contribution is 5.99. The van der Waals surface area contributed by atoms with E-state index in [-0.39, 0.29) is 23.9 Å². The predicted molar refractivity (Wildman–Crippen MR) is 105 cm³/mol. The molecule has 1 N–H and O–H groups in total. The fourth-order valence-electron chi connectivity index (χ4n) is 3.98. The first-order valence-corrected chi connectivity index (χ1v) is 9.71. The van der Waals surface area contributed by atoms with E-state index in [0.29, 0.717) is 29.3 Å². The van der Waals surface area contributed by atoms with Crippen LogP contribution in [0, 0.1) is 11.6 Å². The Kier molecular flexibility index (Phi) is 4.06. The Morgan fingerprint density at radius 3 is 2.37 bits per heavy atom. The third kappa shape index (κ3) is 2.91. The lowest BCUT2D eigenvalue weighted by atomic mass is 9.99. The SMILES string of the molecule is Cn1c(O)cn(Cc2c(F)cc(-c3ccc4c(c3)CN(C3CC3)C4=O)cc2F)c1=O. The number of aromatic hydroxyl groups is 1. The Hall–Kier alpha value is -3.42. The number of imidazole rings is 1. The number of hydrogen-bond acceptors (Lipinski definition) is 3. The first kappa shape index (κ1) is 18.6. The molecule has 0 bridgehead atoms. The number of rotatable bonds is 4. The number of hydrogen-bond donors (Lipinski definition) is 1. The molecule has 5 rings (SSSR count). The van der Waals surface area contributed by atoms with E-state index in [1.54, 1.807) is 12.1 Å². The van der Waals surface area contributed by atoms with Crippen molar-refractivity contribution >= 4 is 5.91 Å². The normalized spacial score (nSPS) is 15.7. The highest BCUT2D eigenvalue weighted by Crippen LogP contribution is 2.36. The van der Waals surface area contributed by atoms with Crippen LogP contribution in [0.1, 0.15) is 34.3 Å². The molecule has 8 heteroatoms. The number of carbonyl (C=O) groups is 1. The molecule has 1 aromatic heterocycles. The van der Waals surface area contributed by atoms with E-state index in [9.17, 15) is 23.5 Å². The van der Waals surface area contributed by atoms with Crippen LogP contribution in [-0.2, 0) is 20.1 Å². The summed E-state index contributed by atoms with van der Waals surface area (Å²) < 4.78 is 31.5. The minimum atomic E-state index is -0.781. The molecule has 2 aliphatic rings. The second kappa shape index (κ2) is 6.55. The van der Waals surface area contributed by atoms with Gasteiger partial charge in [-0.1, -0.05) is 6.07 Å². The number of halogens is 2. The van der Waals surface area contributed by atoms with Crippen LogP contribution in [0.2, 0.25) is 0 Å². The van der Waals surface area contributed by atoms with Crippen molar-refractivity contribution in [1.82, 2.24) is 14.0 Å². The molecule has 1 aliphatic carbocycles. The van der Waals surface area contributed by atoms with Crippen LogP contribution >= 0.6 is 0 Å². The number of aromatic nitrogens is 2. The van der Waals surface area contributed by atoms with Crippen molar-refractivity contribution in [3.05, 3.63) is 75.3 Å². The maximum Gasteiger partial charge on any atom is 0.331 e. The van der Waals surface area contributed by atoms with Gasteiger partial charge in [-0.25, -0.2) is 13.6 Å². The van der Waals surface area contributed by atoms with Crippen molar-refractivity contribution in [2.24, 2.45) is 7.05 Å². The van der Waals surface area contributed by atoms with Gasteiger partial charge in [-0.2, -0.15) is 0 Å². The number of nitrogens with zero attached hydrogens (tertiary/aromatic N) is 3. The van der Waals surface area contributed by atoms with Crippen molar-refractivity contribution in [1.29, 1.82) is 0 Å². The molecule has 1 aliphatic heterocycles. The number of benzene rings is 2. The largest absolute Gasteiger partial charge is 0.493 e. The van der Waals surface area contributed by atoms with E-state index in [1.807, 2.05) is 11.0 Å². The molecule has 0 unspecified atom stereocenters. The van der Waals surface area contributed by atoms with Crippen molar-refractivity contribution < 1.29 is 18.7 Å². The lowest BCUT2D eigenvalue weighted by Gasteiger charge is -2.13. The summed E-state index contributed by atoms with van der Waals surface area (Å²) in [5, 5.41) is 9.61. The molecule has 0 radical (unpaired) electrons. The minimum Gasteiger partial charge on any atom is -0.493 e. The highest BCUT2D eigenvalue weighted by Gasteiger charge is 2.38. The molecule has 2 aromatic carbocycles. The maximum atomic E-state index is 14.7. The second-order valence-electron chi connectivity index (χ2n) is 7.91. The van der Waals surface area contributed by atoms with Gasteiger partial charge in [-0.15, -0.1) is 0 Å². The van der Waals surface area contributed by atoms with Crippen LogP contribution in [-0.4, -0.2) is 31.1 Å². The van der Waals surface area contributed by atoms with Gasteiger partial charge in [0, 0.05) is 30.8 Å². The molecule has 1 fully saturated rings. The molecule has 30 heavy (non-hydrogen) atoms. The summed E-state index contributed by atoms with van der Waals surface area (Å²) in [6.07, 6.45) is 3.18. The molecule has 154 valence electrons. The summed E-state index contributed by atoms with van der Waals surface area (Å²) in [5.74, 6) is -1.83. The van der Waals surface area contributed by atoms with Gasteiger partial charge in [0.1, 0.15) is 11.6 Å². The fraction of sp³-hybridized carbons (Fsp3) is 0.273. The van der Waals surface area contributed by atoms with Crippen LogP contribution in [0.3, 0.4) is 0 Å². The molecule has 2 heterocycles. The minimum absolute atomic E-state index is 0.0170. The zero-order valence-corrected chi connectivity index (χ0v) is 16.2. The van der Waals surface area contributed by atoms with Gasteiger partial charge in [-0.05, 0) is 53.8 Å². The van der Waals surface area contributed by atoms with E-state index < -0.39 is 17.3 Å². The topological polar surface area (TPSA) is 67.5 Å². The summed E-state index contributed by atoms with van der Waals surface area (Å²) in [6.45, 7) is 0.191. The fourth-order valence-corrected chi connectivity index (χ4v) is 3.98. The van der Waals surface area contributed by atoms with E-state index in [1.165, 1.54) is 19.2 Å². The Balaban J connectivity index is 1.47. The molecule has 0 atom stereocenters. The Morgan fingerprint density at radius 2 is 1.77 bits per heavy atom. The monoisotopic (exact) mass is 411 g/mol. The number of amides is 1. The van der Waals surface area contributed by atoms with Gasteiger partial charge in [0.15, 0.2) is 0 Å². The zero-order chi connectivity index (χ0) is 21.2. The van der Waals surface area contributed by atoms with Gasteiger partial charge >= 0.3 is 5.69 Å². The van der Waals surface area contributed by atoms with Crippen molar-refractivity contribution in [2.75, 3.05) is 0 Å². The van der Waals surface area contributed by atoms with Crippen LogP contribution < -0.4 is 5.69 Å². The van der Waals surface area contributed by atoms with Gasteiger partial charge in [0.2, 0.25) is 5.88 Å². The average molecular weight is 411 g/mol. The summed E-state index contributed by atoms with van der Waals surface area (Å²) in [7, 11) is 1.37. The van der Waals surface area contributed by atoms with Gasteiger partial charge in [-0.3, -0.25) is 13.9 Å². The maximum absolute atomic E-state index is 14.7. The summed E-state index contributed by atoms with van der Waals surface area (Å²) in [5.41, 5.74) is 1.66. The van der Waals surface area contributed by atoms with E-state index in [2.05, 4.69) is 0 Å². The predicted octanol–water partition coefficient (Wildman–Crippen LogP) is 3.00. The smallest absolute Gasteiger partial charge is 0.331 e. The lowest BCUT2D eigenvalue weighted by molar-refractivity contribution is 0.0766. The zero-order valence-electron chi connectivity index (χ0n) is 16.2. The standard InChI is InChI=1S/C22H19F2N3O3/c1-25-20(28)11-26(22(25)30)10-17-18(23)7-13(8-19(17)24)12-2-5-16-14(6-12)9-27(21(16)29)15-3-4-15/h2,5-8,11,15,28H,3-4,9-10H2,1H3. The second-order valence-corrected chi connectivity index (χ2v) is 7.91. The Bertz CT molecular complexity index is 1230. The molecule has 1 saturated carbocycles. The van der Waals surface area contributed by atoms with E-state index >= 15 is 0 Å². The Morgan fingerprint density at radius 1 is 1.07 bits per heavy atom. The van der Waals surface area contributed by atoms with Crippen LogP contribution in [0.4, 0.5) is 8.78 Å². The summed E-state index contributed by atoms with van der Waals surface area (Å²) in [6, 6.07) is 7.98. The average Bonchev–Trinajstić information content (AvgIpc) is 3.47. The van der Waals surface area contributed by atoms with E-state index in [0.717, 1.165) is 33.7 Å². The van der Waals surface area contributed by atoms with Crippen molar-refractivity contribution in [3.63, 3.8) is 0 Å². The number of carbonyl (C=O) groups excluding carboxylic acids is 1. The summed E-state index contributed by atoms with van der Waals surface area (Å²) in [4.78, 5) is 26.3. The van der Waals surface area contributed by atoms with Gasteiger partial charge < -0.3 is 10.0 Å². The molecule has 3 aromatic rings. The van der Waals surface area contributed by atoms with Crippen LogP contribution in [0.15, 0.2) is 41.3 Å². The van der Waals surface area contributed by atoms with Crippen LogP contribution in [0.5, 0.6) is 5.88 Å². The third-order valence-electron chi connectivity index (χ3n) is 5.88. The molecule has 1 amide bonds. The molecular weight excluding hydrogens is 392 g/mol. The van der Waals surface area contributed by atoms with Crippen molar-refractivity contribution in [3.8, 4) is 17.0 Å². The molecule has 0 saturated heterocycles. The first-order valence-electron chi connectivity index (χ1n) is 9.71. The van der Waals surface area contributed by atoms with Crippen LogP contribution in [0.25, 0.3) is 11.1 Å². The third-order valence-corrected chi connectivity index (χ3v) is 5.88. The van der Waals surface area contributed by atoms with Gasteiger partial charge in [0.05, 0.1) is 12.7 Å². The number of fused-ring (bicyclic) bond motifs is 1. The lowest BCUT2D eigenvalue weighted by Crippen LogP contribution is -2.25. The molecule has 0 spiro atoms. The van der Waals surface area contributed by atoms with Gasteiger partial charge in [0.25, 0.3) is 5.91 Å². The van der Waals surface area contributed by atoms with E-state index in [4.69, 9.17) is 0 Å². The first-order chi connectivity index (χ1) is 14.3. The molecular formula is C22H19F2N3O3. The quantitative estimate of drug-likeness (QED) is 0.718. The molecule has 6 nitrogen and oxygen atoms in total. The van der Waals surface area contributed by atoms with Crippen molar-refractivity contribution in [2.45, 2.75) is 32.0 Å². The Labute approximate surface area is 170 Å². The summed E-state index contributed by atoms with van der Waals surface area (Å²) >= 11 is 0. The highest BCUT2D eigenvalue weighted by atomic mass is 19.1.